The molecule has 3 rings (SSSR count). The molecule has 1 aliphatic rings. The van der Waals surface area contributed by atoms with Crippen LogP contribution in [0.5, 0.6) is 0 Å². The largest absolute Gasteiger partial charge is 0.326 e. The lowest BCUT2D eigenvalue weighted by molar-refractivity contribution is -0.114. The Hall–Kier alpha value is -2.42. The number of sulfonamides is 1. The van der Waals surface area contributed by atoms with E-state index in [2.05, 4.69) is 10.6 Å². The van der Waals surface area contributed by atoms with Crippen molar-refractivity contribution >= 4 is 44.8 Å². The SMILES string of the molecule is CC(=O)Nc1ccc(Cl)c(NC(=O)c2ccc(C)c(S(=O)(=O)N3CCCCC3)c2)c1. The lowest BCUT2D eigenvalue weighted by Crippen LogP contribution is -2.36. The maximum absolute atomic E-state index is 13.1. The number of benzene rings is 2. The highest BCUT2D eigenvalue weighted by Gasteiger charge is 2.28. The molecule has 1 aliphatic heterocycles. The quantitative estimate of drug-likeness (QED) is 0.720. The molecule has 30 heavy (non-hydrogen) atoms. The molecule has 0 spiro atoms. The van der Waals surface area contributed by atoms with Crippen LogP contribution in [-0.2, 0) is 14.8 Å². The van der Waals surface area contributed by atoms with E-state index >= 15 is 0 Å². The van der Waals surface area contributed by atoms with Gasteiger partial charge in [-0.3, -0.25) is 9.59 Å². The first-order chi connectivity index (χ1) is 14.2. The van der Waals surface area contributed by atoms with Gasteiger partial charge in [-0.25, -0.2) is 8.42 Å². The number of anilines is 2. The molecule has 0 aliphatic carbocycles. The number of hydrogen-bond acceptors (Lipinski definition) is 4. The number of nitrogens with one attached hydrogen (secondary N) is 2. The molecule has 9 heteroatoms. The predicted molar refractivity (Wildman–Crippen MR) is 117 cm³/mol. The number of rotatable bonds is 5. The second kappa shape index (κ2) is 9.16. The molecule has 2 N–H and O–H groups in total. The first kappa shape index (κ1) is 22.3. The Morgan fingerprint density at radius 1 is 1.00 bits per heavy atom. The molecular weight excluding hydrogens is 426 g/mol. The lowest BCUT2D eigenvalue weighted by Gasteiger charge is -2.26. The summed E-state index contributed by atoms with van der Waals surface area (Å²) >= 11 is 6.16. The second-order valence-electron chi connectivity index (χ2n) is 7.27. The molecule has 0 bridgehead atoms. The Morgan fingerprint density at radius 3 is 2.37 bits per heavy atom. The van der Waals surface area contributed by atoms with E-state index in [1.54, 1.807) is 37.3 Å². The predicted octanol–water partition coefficient (Wildman–Crippen LogP) is 4.03. The minimum atomic E-state index is -3.67. The van der Waals surface area contributed by atoms with Crippen molar-refractivity contribution in [2.45, 2.75) is 38.0 Å². The molecule has 7 nitrogen and oxygen atoms in total. The lowest BCUT2D eigenvalue weighted by atomic mass is 10.1. The van der Waals surface area contributed by atoms with Gasteiger partial charge in [0.05, 0.1) is 15.6 Å². The molecule has 1 saturated heterocycles. The van der Waals surface area contributed by atoms with Crippen LogP contribution in [0.1, 0.15) is 42.1 Å². The van der Waals surface area contributed by atoms with Crippen molar-refractivity contribution in [1.29, 1.82) is 0 Å². The molecule has 2 aromatic rings. The van der Waals surface area contributed by atoms with Crippen LogP contribution in [0.2, 0.25) is 5.02 Å². The van der Waals surface area contributed by atoms with E-state index in [0.717, 1.165) is 19.3 Å². The van der Waals surface area contributed by atoms with Crippen LogP contribution in [0.4, 0.5) is 11.4 Å². The smallest absolute Gasteiger partial charge is 0.255 e. The molecule has 1 heterocycles. The number of carbonyl (C=O) groups is 2. The third-order valence-corrected chi connectivity index (χ3v) is 7.29. The van der Waals surface area contributed by atoms with Crippen molar-refractivity contribution in [3.63, 3.8) is 0 Å². The summed E-state index contributed by atoms with van der Waals surface area (Å²) < 4.78 is 27.6. The molecule has 1 fully saturated rings. The standard InChI is InChI=1S/C21H24ClN3O4S/c1-14-6-7-16(12-20(14)30(28,29)25-10-4-3-5-11-25)21(27)24-19-13-17(23-15(2)26)8-9-18(19)22/h6-9,12-13H,3-5,10-11H2,1-2H3,(H,23,26)(H,24,27). The summed E-state index contributed by atoms with van der Waals surface area (Å²) in [5, 5.41) is 5.61. The Bertz CT molecular complexity index is 1080. The summed E-state index contributed by atoms with van der Waals surface area (Å²) in [7, 11) is -3.67. The van der Waals surface area contributed by atoms with Gasteiger partial charge in [0.1, 0.15) is 0 Å². The van der Waals surface area contributed by atoms with Gasteiger partial charge in [-0.1, -0.05) is 24.1 Å². The van der Waals surface area contributed by atoms with E-state index in [0.29, 0.717) is 35.1 Å². The molecule has 0 unspecified atom stereocenters. The van der Waals surface area contributed by atoms with Crippen LogP contribution in [0.3, 0.4) is 0 Å². The highest BCUT2D eigenvalue weighted by Crippen LogP contribution is 2.28. The number of aryl methyl sites for hydroxylation is 1. The van der Waals surface area contributed by atoms with Crippen LogP contribution in [-0.4, -0.2) is 37.6 Å². The van der Waals surface area contributed by atoms with E-state index in [1.165, 1.54) is 17.3 Å². The average molecular weight is 450 g/mol. The summed E-state index contributed by atoms with van der Waals surface area (Å²) in [6.07, 6.45) is 2.69. The Morgan fingerprint density at radius 2 is 1.70 bits per heavy atom. The van der Waals surface area contributed by atoms with Gasteiger partial charge in [-0.2, -0.15) is 4.31 Å². The zero-order valence-corrected chi connectivity index (χ0v) is 18.4. The number of piperidine rings is 1. The van der Waals surface area contributed by atoms with Crippen LogP contribution >= 0.6 is 11.6 Å². The minimum absolute atomic E-state index is 0.134. The van der Waals surface area contributed by atoms with Gasteiger partial charge >= 0.3 is 0 Å². The van der Waals surface area contributed by atoms with Gasteiger partial charge in [0.2, 0.25) is 15.9 Å². The summed E-state index contributed by atoms with van der Waals surface area (Å²) in [4.78, 5) is 24.2. The number of carbonyl (C=O) groups excluding carboxylic acids is 2. The topological polar surface area (TPSA) is 95.6 Å². The molecule has 0 saturated carbocycles. The third-order valence-electron chi connectivity index (χ3n) is 4.92. The molecule has 160 valence electrons. The maximum Gasteiger partial charge on any atom is 0.255 e. The van der Waals surface area contributed by atoms with Crippen LogP contribution in [0, 0.1) is 6.92 Å². The summed E-state index contributed by atoms with van der Waals surface area (Å²) in [5.41, 5.74) is 1.59. The maximum atomic E-state index is 13.1. The molecule has 0 aromatic heterocycles. The minimum Gasteiger partial charge on any atom is -0.326 e. The monoisotopic (exact) mass is 449 g/mol. The average Bonchev–Trinajstić information content (AvgIpc) is 2.71. The number of halogens is 1. The van der Waals surface area contributed by atoms with Gasteiger partial charge in [-0.05, 0) is 55.7 Å². The summed E-state index contributed by atoms with van der Waals surface area (Å²) in [6.45, 7) is 4.07. The second-order valence-corrected chi connectivity index (χ2v) is 9.59. The summed E-state index contributed by atoms with van der Waals surface area (Å²) in [5.74, 6) is -0.743. The van der Waals surface area contributed by atoms with E-state index in [4.69, 9.17) is 11.6 Å². The Kier molecular flexibility index (Phi) is 6.80. The van der Waals surface area contributed by atoms with Crippen LogP contribution in [0.25, 0.3) is 0 Å². The molecular formula is C21H24ClN3O4S. The van der Waals surface area contributed by atoms with Gasteiger partial charge in [0.15, 0.2) is 0 Å². The Labute approximate surface area is 181 Å². The first-order valence-electron chi connectivity index (χ1n) is 9.68. The van der Waals surface area contributed by atoms with Gasteiger partial charge in [0.25, 0.3) is 5.91 Å². The van der Waals surface area contributed by atoms with Crippen molar-refractivity contribution in [1.82, 2.24) is 4.31 Å². The molecule has 0 atom stereocenters. The van der Waals surface area contributed by atoms with Crippen molar-refractivity contribution < 1.29 is 18.0 Å². The third kappa shape index (κ3) is 5.00. The van der Waals surface area contributed by atoms with E-state index in [-0.39, 0.29) is 16.4 Å². The molecule has 2 amide bonds. The fraction of sp³-hybridized carbons (Fsp3) is 0.333. The first-order valence-corrected chi connectivity index (χ1v) is 11.5. The van der Waals surface area contributed by atoms with Crippen molar-refractivity contribution in [2.24, 2.45) is 0 Å². The number of amides is 2. The van der Waals surface area contributed by atoms with E-state index in [1.807, 2.05) is 0 Å². The normalized spacial score (nSPS) is 14.9. The van der Waals surface area contributed by atoms with Gasteiger partial charge < -0.3 is 10.6 Å². The zero-order chi connectivity index (χ0) is 21.9. The Balaban J connectivity index is 1.87. The highest BCUT2D eigenvalue weighted by atomic mass is 35.5. The van der Waals surface area contributed by atoms with Crippen LogP contribution in [0.15, 0.2) is 41.3 Å². The number of hydrogen-bond donors (Lipinski definition) is 2. The summed E-state index contributed by atoms with van der Waals surface area (Å²) in [6, 6.07) is 9.33. The van der Waals surface area contributed by atoms with Crippen molar-refractivity contribution in [3.05, 3.63) is 52.5 Å². The van der Waals surface area contributed by atoms with Gasteiger partial charge in [-0.15, -0.1) is 0 Å². The zero-order valence-electron chi connectivity index (χ0n) is 16.9. The molecule has 0 radical (unpaired) electrons. The van der Waals surface area contributed by atoms with E-state index < -0.39 is 15.9 Å². The van der Waals surface area contributed by atoms with E-state index in [9.17, 15) is 18.0 Å². The van der Waals surface area contributed by atoms with Gasteiger partial charge in [0, 0.05) is 31.3 Å². The van der Waals surface area contributed by atoms with Crippen LogP contribution < -0.4 is 10.6 Å². The highest BCUT2D eigenvalue weighted by molar-refractivity contribution is 7.89. The molecule has 2 aromatic carbocycles. The fourth-order valence-corrected chi connectivity index (χ4v) is 5.29. The number of nitrogens with zero attached hydrogens (tertiary/aromatic N) is 1. The fourth-order valence-electron chi connectivity index (χ4n) is 3.36. The van der Waals surface area contributed by atoms with Crippen molar-refractivity contribution in [3.8, 4) is 0 Å². The van der Waals surface area contributed by atoms with Crippen molar-refractivity contribution in [2.75, 3.05) is 23.7 Å².